The Kier molecular flexibility index (Phi) is 5.46. The zero-order valence-corrected chi connectivity index (χ0v) is 18.0. The lowest BCUT2D eigenvalue weighted by Gasteiger charge is -2.31. The molecule has 0 bridgehead atoms. The molecule has 170 valence electrons. The van der Waals surface area contributed by atoms with Gasteiger partial charge in [0.2, 0.25) is 5.91 Å². The molecule has 1 aliphatic heterocycles. The van der Waals surface area contributed by atoms with Gasteiger partial charge in [0.05, 0.1) is 6.54 Å². The highest BCUT2D eigenvalue weighted by atomic mass is 16.2. The lowest BCUT2D eigenvalue weighted by atomic mass is 10.0. The molecule has 2 aromatic carbocycles. The number of aromatic nitrogens is 4. The Balaban J connectivity index is 1.53. The van der Waals surface area contributed by atoms with E-state index >= 15 is 0 Å². The van der Waals surface area contributed by atoms with Crippen molar-refractivity contribution >= 4 is 23.0 Å². The van der Waals surface area contributed by atoms with Gasteiger partial charge < -0.3 is 4.90 Å². The van der Waals surface area contributed by atoms with Gasteiger partial charge in [-0.05, 0) is 11.1 Å². The second kappa shape index (κ2) is 8.74. The Hall–Kier alpha value is -4.60. The van der Waals surface area contributed by atoms with Crippen LogP contribution in [0.5, 0.6) is 0 Å². The van der Waals surface area contributed by atoms with Crippen molar-refractivity contribution < 1.29 is 9.59 Å². The minimum absolute atomic E-state index is 0.0666. The predicted octanol–water partition coefficient (Wildman–Crippen LogP) is 1.36. The molecule has 0 aliphatic carbocycles. The molecule has 1 aliphatic rings. The van der Waals surface area contributed by atoms with Gasteiger partial charge in [0.25, 0.3) is 5.56 Å². The van der Waals surface area contributed by atoms with E-state index < -0.39 is 29.1 Å². The number of benzene rings is 2. The molecule has 1 saturated heterocycles. The quantitative estimate of drug-likeness (QED) is 0.466. The number of urea groups is 1. The summed E-state index contributed by atoms with van der Waals surface area (Å²) < 4.78 is 1.34. The van der Waals surface area contributed by atoms with E-state index in [9.17, 15) is 19.2 Å². The molecule has 10 nitrogen and oxygen atoms in total. The van der Waals surface area contributed by atoms with Gasteiger partial charge in [-0.25, -0.2) is 19.6 Å². The Morgan fingerprint density at radius 2 is 1.53 bits per heavy atom. The molecule has 34 heavy (non-hydrogen) atoms. The van der Waals surface area contributed by atoms with Crippen molar-refractivity contribution in [3.05, 3.63) is 105 Å². The van der Waals surface area contributed by atoms with Gasteiger partial charge in [-0.3, -0.25) is 24.5 Å². The van der Waals surface area contributed by atoms with E-state index in [2.05, 4.69) is 20.3 Å². The molecule has 3 heterocycles. The molecule has 0 saturated carbocycles. The summed E-state index contributed by atoms with van der Waals surface area (Å²) in [7, 11) is 0. The predicted molar refractivity (Wildman–Crippen MR) is 123 cm³/mol. The summed E-state index contributed by atoms with van der Waals surface area (Å²) in [5, 5.41) is 2.49. The second-order valence-electron chi connectivity index (χ2n) is 8.01. The Labute approximate surface area is 192 Å². The van der Waals surface area contributed by atoms with E-state index in [4.69, 9.17) is 0 Å². The summed E-state index contributed by atoms with van der Waals surface area (Å²) in [6, 6.07) is 18.2. The number of hydrogen-bond acceptors (Lipinski definition) is 6. The van der Waals surface area contributed by atoms with E-state index in [1.807, 2.05) is 60.7 Å². The molecule has 2 N–H and O–H groups in total. The normalized spacial score (nSPS) is 16.0. The van der Waals surface area contributed by atoms with Gasteiger partial charge >= 0.3 is 11.7 Å². The first-order valence-electron chi connectivity index (χ1n) is 10.7. The highest BCUT2D eigenvalue weighted by Crippen LogP contribution is 2.21. The van der Waals surface area contributed by atoms with Crippen LogP contribution >= 0.6 is 0 Å². The molecular weight excluding hydrogens is 436 g/mol. The number of H-pyrrole nitrogens is 1. The molecule has 4 aromatic rings. The zero-order valence-electron chi connectivity index (χ0n) is 18.0. The third-order valence-electron chi connectivity index (χ3n) is 5.70. The molecule has 1 unspecified atom stereocenters. The maximum absolute atomic E-state index is 12.7. The van der Waals surface area contributed by atoms with E-state index in [1.165, 1.54) is 15.7 Å². The van der Waals surface area contributed by atoms with Crippen LogP contribution in [-0.4, -0.2) is 42.9 Å². The van der Waals surface area contributed by atoms with Gasteiger partial charge in [0, 0.05) is 19.3 Å². The van der Waals surface area contributed by atoms with Crippen LogP contribution in [0.1, 0.15) is 22.9 Å². The van der Waals surface area contributed by atoms with E-state index in [1.54, 1.807) is 0 Å². The van der Waals surface area contributed by atoms with Crippen LogP contribution in [0, 0.1) is 0 Å². The number of rotatable bonds is 5. The van der Waals surface area contributed by atoms with Crippen LogP contribution < -0.4 is 16.6 Å². The largest absolute Gasteiger partial charge is 0.330 e. The fourth-order valence-electron chi connectivity index (χ4n) is 3.96. The number of nitrogens with one attached hydrogen (secondary N) is 2. The summed E-state index contributed by atoms with van der Waals surface area (Å²) in [5.41, 5.74) is 0.660. The first-order valence-corrected chi connectivity index (χ1v) is 10.7. The summed E-state index contributed by atoms with van der Waals surface area (Å²) in [6.45, 7) is 0.554. The summed E-state index contributed by atoms with van der Waals surface area (Å²) in [4.78, 5) is 62.6. The lowest BCUT2D eigenvalue weighted by molar-refractivity contribution is -0.123. The van der Waals surface area contributed by atoms with Crippen molar-refractivity contribution in [3.63, 3.8) is 0 Å². The number of hydrogen-bond donors (Lipinski definition) is 2. The topological polar surface area (TPSA) is 130 Å². The van der Waals surface area contributed by atoms with Gasteiger partial charge in [0.15, 0.2) is 5.65 Å². The highest BCUT2D eigenvalue weighted by molar-refractivity contribution is 6.00. The number of imide groups is 1. The van der Waals surface area contributed by atoms with Crippen molar-refractivity contribution in [1.82, 2.24) is 29.7 Å². The molecule has 0 radical (unpaired) electrons. The Morgan fingerprint density at radius 3 is 2.21 bits per heavy atom. The SMILES string of the molecule is O=C1NC(=O)N(Cc2ccccc2)CC1c1ncc2c(=O)[nH]c(=O)n(Cc3ccccc3)c2n1. The highest BCUT2D eigenvalue weighted by Gasteiger charge is 2.35. The van der Waals surface area contributed by atoms with Crippen molar-refractivity contribution in [2.75, 3.05) is 6.54 Å². The van der Waals surface area contributed by atoms with Gasteiger partial charge in [-0.2, -0.15) is 0 Å². The summed E-state index contributed by atoms with van der Waals surface area (Å²) in [6.07, 6.45) is 1.31. The monoisotopic (exact) mass is 456 g/mol. The summed E-state index contributed by atoms with van der Waals surface area (Å²) in [5.74, 6) is -1.26. The third kappa shape index (κ3) is 4.08. The summed E-state index contributed by atoms with van der Waals surface area (Å²) >= 11 is 0. The van der Waals surface area contributed by atoms with Crippen molar-refractivity contribution in [3.8, 4) is 0 Å². The number of aromatic amines is 1. The van der Waals surface area contributed by atoms with Crippen LogP contribution in [0.3, 0.4) is 0 Å². The maximum Gasteiger partial charge on any atom is 0.330 e. The standard InChI is InChI=1S/C24H20N6O4/c31-21-17-11-25-19(26-20(17)30(24(34)28-21)13-16-9-5-2-6-10-16)18-14-29(23(33)27-22(18)32)12-15-7-3-1-4-8-15/h1-11,18H,12-14H2,(H,27,32,33)(H,28,31,34). The first kappa shape index (κ1) is 21.3. The van der Waals surface area contributed by atoms with Crippen LogP contribution in [-0.2, 0) is 17.9 Å². The van der Waals surface area contributed by atoms with Gasteiger partial charge in [-0.15, -0.1) is 0 Å². The number of nitrogens with zero attached hydrogens (tertiary/aromatic N) is 4. The minimum Gasteiger partial charge on any atom is -0.319 e. The smallest absolute Gasteiger partial charge is 0.319 e. The zero-order chi connectivity index (χ0) is 23.7. The van der Waals surface area contributed by atoms with Crippen LogP contribution in [0.25, 0.3) is 11.0 Å². The second-order valence-corrected chi connectivity index (χ2v) is 8.01. The van der Waals surface area contributed by atoms with Gasteiger partial charge in [0.1, 0.15) is 17.1 Å². The van der Waals surface area contributed by atoms with Crippen LogP contribution in [0.15, 0.2) is 76.4 Å². The Morgan fingerprint density at radius 1 is 0.882 bits per heavy atom. The molecule has 3 amide bonds. The van der Waals surface area contributed by atoms with E-state index in [0.717, 1.165) is 11.1 Å². The molecule has 10 heteroatoms. The molecular formula is C24H20N6O4. The van der Waals surface area contributed by atoms with Crippen molar-refractivity contribution in [2.45, 2.75) is 19.0 Å². The number of amides is 3. The number of carbonyl (C=O) groups excluding carboxylic acids is 2. The average molecular weight is 456 g/mol. The van der Waals surface area contributed by atoms with Crippen molar-refractivity contribution in [2.24, 2.45) is 0 Å². The number of fused-ring (bicyclic) bond motifs is 1. The molecule has 5 rings (SSSR count). The fourth-order valence-corrected chi connectivity index (χ4v) is 3.96. The van der Waals surface area contributed by atoms with Gasteiger partial charge in [-0.1, -0.05) is 60.7 Å². The molecule has 1 atom stereocenters. The maximum atomic E-state index is 12.7. The third-order valence-corrected chi connectivity index (χ3v) is 5.70. The van der Waals surface area contributed by atoms with E-state index in [0.29, 0.717) is 6.54 Å². The van der Waals surface area contributed by atoms with Crippen molar-refractivity contribution in [1.29, 1.82) is 0 Å². The minimum atomic E-state index is -0.856. The Bertz CT molecular complexity index is 1500. The molecule has 1 fully saturated rings. The molecule has 0 spiro atoms. The fraction of sp³-hybridized carbons (Fsp3) is 0.167. The van der Waals surface area contributed by atoms with Crippen LogP contribution in [0.4, 0.5) is 4.79 Å². The molecule has 2 aromatic heterocycles. The average Bonchev–Trinajstić information content (AvgIpc) is 2.84. The number of carbonyl (C=O) groups is 2. The van der Waals surface area contributed by atoms with Crippen LogP contribution in [0.2, 0.25) is 0 Å². The lowest BCUT2D eigenvalue weighted by Crippen LogP contribution is -2.53. The van der Waals surface area contributed by atoms with E-state index in [-0.39, 0.29) is 29.9 Å². The first-order chi connectivity index (χ1) is 16.5.